The first-order chi connectivity index (χ1) is 15.0. The van der Waals surface area contributed by atoms with Gasteiger partial charge in [0.2, 0.25) is 0 Å². The van der Waals surface area contributed by atoms with E-state index in [1.165, 1.54) is 12.8 Å². The van der Waals surface area contributed by atoms with Crippen LogP contribution in [0.3, 0.4) is 0 Å². The van der Waals surface area contributed by atoms with Crippen LogP contribution in [0.4, 0.5) is 5.69 Å². The van der Waals surface area contributed by atoms with Gasteiger partial charge in [0.15, 0.2) is 0 Å². The molecule has 5 nitrogen and oxygen atoms in total. The van der Waals surface area contributed by atoms with Crippen molar-refractivity contribution in [1.82, 2.24) is 9.88 Å². The predicted octanol–water partition coefficient (Wildman–Crippen LogP) is 6.31. The smallest absolute Gasteiger partial charge is 0.121 e. The normalized spacial score (nSPS) is 12.2. The fourth-order valence-corrected chi connectivity index (χ4v) is 4.00. The van der Waals surface area contributed by atoms with Gasteiger partial charge in [-0.3, -0.25) is 5.32 Å². The number of hydrogen-bond acceptors (Lipinski definition) is 4. The van der Waals surface area contributed by atoms with Gasteiger partial charge in [-0.1, -0.05) is 25.5 Å². The number of nitrogens with one attached hydrogen (secondary N) is 2. The van der Waals surface area contributed by atoms with Crippen molar-refractivity contribution in [1.29, 1.82) is 5.26 Å². The molecule has 164 valence electrons. The zero-order valence-electron chi connectivity index (χ0n) is 19.3. The Labute approximate surface area is 186 Å². The van der Waals surface area contributed by atoms with Crippen LogP contribution in [-0.4, -0.2) is 23.9 Å². The molecule has 5 heteroatoms. The van der Waals surface area contributed by atoms with Crippen LogP contribution in [0.5, 0.6) is 5.75 Å². The van der Waals surface area contributed by atoms with Crippen molar-refractivity contribution in [2.75, 3.05) is 18.5 Å². The Kier molecular flexibility index (Phi) is 7.59. The Morgan fingerprint density at radius 1 is 1.06 bits per heavy atom. The summed E-state index contributed by atoms with van der Waals surface area (Å²) in [5.74, 6) is 0.828. The van der Waals surface area contributed by atoms with E-state index in [2.05, 4.69) is 73.2 Å². The monoisotopic (exact) mass is 418 g/mol. The Hall–Kier alpha value is -2.97. The van der Waals surface area contributed by atoms with Gasteiger partial charge < -0.3 is 14.6 Å². The van der Waals surface area contributed by atoms with Crippen molar-refractivity contribution < 1.29 is 4.74 Å². The van der Waals surface area contributed by atoms with Gasteiger partial charge in [-0.15, -0.1) is 0 Å². The third kappa shape index (κ3) is 5.03. The molecule has 2 aromatic carbocycles. The summed E-state index contributed by atoms with van der Waals surface area (Å²) in [6, 6.07) is 17.0. The second-order valence-electron chi connectivity index (χ2n) is 8.16. The number of ether oxygens (including phenoxy) is 1. The topological polar surface area (TPSA) is 62.0 Å². The van der Waals surface area contributed by atoms with Crippen LogP contribution in [-0.2, 0) is 0 Å². The number of nitrogens with zero attached hydrogens (tertiary/aromatic N) is 2. The molecule has 0 fully saturated rings. The highest BCUT2D eigenvalue weighted by atomic mass is 16.5. The second kappa shape index (κ2) is 10.4. The van der Waals surface area contributed by atoms with Crippen molar-refractivity contribution in [2.45, 2.75) is 59.7 Å². The van der Waals surface area contributed by atoms with Gasteiger partial charge in [0, 0.05) is 23.2 Å². The lowest BCUT2D eigenvalue weighted by Gasteiger charge is -2.18. The van der Waals surface area contributed by atoms with Gasteiger partial charge in [0.05, 0.1) is 29.5 Å². The number of rotatable bonds is 10. The van der Waals surface area contributed by atoms with Crippen molar-refractivity contribution in [3.05, 3.63) is 48.0 Å². The molecule has 0 bridgehead atoms. The fraction of sp³-hybridized carbons (Fsp3) is 0.423. The van der Waals surface area contributed by atoms with E-state index in [0.29, 0.717) is 12.2 Å². The van der Waals surface area contributed by atoms with Crippen LogP contribution in [0.2, 0.25) is 0 Å². The molecular weight excluding hydrogens is 384 g/mol. The minimum absolute atomic E-state index is 0.200. The SMILES string of the molecule is CCCCNC(C)Nc1ccc(-c2c(C#N)c3ccc(OCC)cc3n2C(C)C)cc1. The molecule has 31 heavy (non-hydrogen) atoms. The first-order valence-corrected chi connectivity index (χ1v) is 11.3. The second-order valence-corrected chi connectivity index (χ2v) is 8.16. The molecule has 1 heterocycles. The van der Waals surface area contributed by atoms with E-state index in [4.69, 9.17) is 4.74 Å². The van der Waals surface area contributed by atoms with E-state index >= 15 is 0 Å². The number of aromatic nitrogens is 1. The van der Waals surface area contributed by atoms with Gasteiger partial charge in [-0.05, 0) is 70.5 Å². The first kappa shape index (κ1) is 22.7. The number of hydrogen-bond donors (Lipinski definition) is 2. The third-order valence-electron chi connectivity index (χ3n) is 5.44. The molecule has 0 amide bonds. The Bertz CT molecular complexity index is 1040. The van der Waals surface area contributed by atoms with Gasteiger partial charge in [0.1, 0.15) is 11.8 Å². The number of benzene rings is 2. The maximum atomic E-state index is 10.0. The molecule has 0 saturated heterocycles. The lowest BCUT2D eigenvalue weighted by Crippen LogP contribution is -2.33. The molecule has 3 aromatic rings. The van der Waals surface area contributed by atoms with E-state index in [1.807, 2.05) is 25.1 Å². The number of unbranched alkanes of at least 4 members (excludes halogenated alkanes) is 1. The van der Waals surface area contributed by atoms with Crippen LogP contribution in [0, 0.1) is 11.3 Å². The summed E-state index contributed by atoms with van der Waals surface area (Å²) in [5, 5.41) is 17.9. The van der Waals surface area contributed by atoms with Gasteiger partial charge in [0.25, 0.3) is 0 Å². The van der Waals surface area contributed by atoms with Crippen LogP contribution in [0.25, 0.3) is 22.2 Å². The van der Waals surface area contributed by atoms with E-state index in [-0.39, 0.29) is 12.2 Å². The van der Waals surface area contributed by atoms with Crippen molar-refractivity contribution in [3.8, 4) is 23.1 Å². The summed E-state index contributed by atoms with van der Waals surface area (Å²) < 4.78 is 7.96. The molecule has 0 aliphatic carbocycles. The Morgan fingerprint density at radius 3 is 2.42 bits per heavy atom. The predicted molar refractivity (Wildman–Crippen MR) is 130 cm³/mol. The molecule has 0 radical (unpaired) electrons. The standard InChI is InChI=1S/C26H34N4O/c1-6-8-15-28-19(5)29-21-11-9-20(10-12-21)26-24(17-27)23-14-13-22(31-7-2)16-25(23)30(26)18(3)4/h9-14,16,18-19,28-29H,6-8,15H2,1-5H3. The maximum Gasteiger partial charge on any atom is 0.121 e. The molecule has 0 saturated carbocycles. The molecule has 1 unspecified atom stereocenters. The van der Waals surface area contributed by atoms with Gasteiger partial charge in [-0.25, -0.2) is 0 Å². The maximum absolute atomic E-state index is 10.0. The fourth-order valence-electron chi connectivity index (χ4n) is 4.00. The van der Waals surface area contributed by atoms with Crippen LogP contribution in [0.15, 0.2) is 42.5 Å². The summed E-state index contributed by atoms with van der Waals surface area (Å²) in [7, 11) is 0. The average Bonchev–Trinajstić information content (AvgIpc) is 3.08. The zero-order chi connectivity index (χ0) is 22.4. The molecule has 1 aromatic heterocycles. The molecule has 2 N–H and O–H groups in total. The molecule has 0 aliphatic rings. The minimum Gasteiger partial charge on any atom is -0.494 e. The molecule has 3 rings (SSSR count). The van der Waals surface area contributed by atoms with Crippen molar-refractivity contribution in [2.24, 2.45) is 0 Å². The summed E-state index contributed by atoms with van der Waals surface area (Å²) >= 11 is 0. The summed E-state index contributed by atoms with van der Waals surface area (Å²) in [6.45, 7) is 12.2. The molecule has 0 spiro atoms. The third-order valence-corrected chi connectivity index (χ3v) is 5.44. The van der Waals surface area contributed by atoms with E-state index in [9.17, 15) is 5.26 Å². The lowest BCUT2D eigenvalue weighted by atomic mass is 10.1. The number of anilines is 1. The lowest BCUT2D eigenvalue weighted by molar-refractivity contribution is 0.340. The van der Waals surface area contributed by atoms with Crippen LogP contribution >= 0.6 is 0 Å². The highest BCUT2D eigenvalue weighted by molar-refractivity contribution is 5.95. The summed E-state index contributed by atoms with van der Waals surface area (Å²) in [5.41, 5.74) is 4.80. The molecule has 0 aliphatic heterocycles. The van der Waals surface area contributed by atoms with Crippen molar-refractivity contribution >= 4 is 16.6 Å². The van der Waals surface area contributed by atoms with Gasteiger partial charge >= 0.3 is 0 Å². The molecular formula is C26H34N4O. The minimum atomic E-state index is 0.200. The van der Waals surface area contributed by atoms with Gasteiger partial charge in [-0.2, -0.15) is 5.26 Å². The van der Waals surface area contributed by atoms with E-state index in [0.717, 1.165) is 40.1 Å². The zero-order valence-corrected chi connectivity index (χ0v) is 19.3. The van der Waals surface area contributed by atoms with E-state index < -0.39 is 0 Å². The quantitative estimate of drug-likeness (QED) is 0.299. The Balaban J connectivity index is 1.98. The van der Waals surface area contributed by atoms with Crippen molar-refractivity contribution in [3.63, 3.8) is 0 Å². The number of fused-ring (bicyclic) bond motifs is 1. The Morgan fingerprint density at radius 2 is 1.81 bits per heavy atom. The van der Waals surface area contributed by atoms with Crippen LogP contribution in [0.1, 0.15) is 59.1 Å². The van der Waals surface area contributed by atoms with E-state index in [1.54, 1.807) is 0 Å². The molecule has 1 atom stereocenters. The first-order valence-electron chi connectivity index (χ1n) is 11.3. The van der Waals surface area contributed by atoms with Crippen LogP contribution < -0.4 is 15.4 Å². The summed E-state index contributed by atoms with van der Waals surface area (Å²) in [6.07, 6.45) is 2.56. The average molecular weight is 419 g/mol. The highest BCUT2D eigenvalue weighted by Gasteiger charge is 2.21. The largest absolute Gasteiger partial charge is 0.494 e. The summed E-state index contributed by atoms with van der Waals surface area (Å²) in [4.78, 5) is 0. The number of nitriles is 1. The highest BCUT2D eigenvalue weighted by Crippen LogP contribution is 2.37.